The lowest BCUT2D eigenvalue weighted by Gasteiger charge is -2.24. The Morgan fingerprint density at radius 1 is 1.50 bits per heavy atom. The maximum atomic E-state index is 11.5. The monoisotopic (exact) mass is 275 g/mol. The van der Waals surface area contributed by atoms with Crippen LogP contribution in [0.1, 0.15) is 44.1 Å². The number of hydrogen-bond acceptors (Lipinski definition) is 4. The number of hydrogen-bond donors (Lipinski definition) is 0. The molecular formula is C16H21NO3. The number of ether oxygens (including phenoxy) is 2. The number of allylic oxidation sites excluding steroid dienone is 1. The molecule has 0 N–H and O–H groups in total. The molecule has 1 aromatic heterocycles. The number of aromatic nitrogens is 1. The van der Waals surface area contributed by atoms with Crippen LogP contribution in [0.4, 0.5) is 0 Å². The third-order valence-corrected chi connectivity index (χ3v) is 3.61. The average Bonchev–Trinajstić information content (AvgIpc) is 2.48. The van der Waals surface area contributed by atoms with Crippen LogP contribution in [-0.4, -0.2) is 24.7 Å². The molecule has 0 radical (unpaired) electrons. The fourth-order valence-corrected chi connectivity index (χ4v) is 2.62. The maximum Gasteiger partial charge on any atom is 0.330 e. The minimum Gasteiger partial charge on any atom is -0.481 e. The van der Waals surface area contributed by atoms with Crippen molar-refractivity contribution >= 4 is 5.97 Å². The summed E-state index contributed by atoms with van der Waals surface area (Å²) in [6, 6.07) is 3.95. The van der Waals surface area contributed by atoms with Gasteiger partial charge in [0.25, 0.3) is 0 Å². The van der Waals surface area contributed by atoms with E-state index in [1.165, 1.54) is 11.1 Å². The van der Waals surface area contributed by atoms with E-state index in [0.29, 0.717) is 18.4 Å². The van der Waals surface area contributed by atoms with Gasteiger partial charge in [-0.3, -0.25) is 0 Å². The van der Waals surface area contributed by atoms with E-state index in [0.717, 1.165) is 25.7 Å². The van der Waals surface area contributed by atoms with Crippen molar-refractivity contribution in [1.82, 2.24) is 4.98 Å². The Labute approximate surface area is 119 Å². The molecule has 0 aromatic carbocycles. The lowest BCUT2D eigenvalue weighted by Crippen LogP contribution is -2.10. The first-order valence-electron chi connectivity index (χ1n) is 7.09. The van der Waals surface area contributed by atoms with Gasteiger partial charge in [-0.1, -0.05) is 11.6 Å². The smallest absolute Gasteiger partial charge is 0.330 e. The summed E-state index contributed by atoms with van der Waals surface area (Å²) in [6.45, 7) is 2.25. The topological polar surface area (TPSA) is 48.4 Å². The zero-order valence-corrected chi connectivity index (χ0v) is 12.1. The SMILES string of the molecule is CCOC(=O)/C=C1\CCC[C@@H](c2ccc(OC)nc2)C1. The van der Waals surface area contributed by atoms with Gasteiger partial charge in [-0.2, -0.15) is 0 Å². The van der Waals surface area contributed by atoms with Crippen LogP contribution in [0.15, 0.2) is 30.0 Å². The van der Waals surface area contributed by atoms with Crippen molar-refractivity contribution in [2.45, 2.75) is 38.5 Å². The molecule has 108 valence electrons. The molecule has 4 heteroatoms. The van der Waals surface area contributed by atoms with E-state index < -0.39 is 0 Å². The van der Waals surface area contributed by atoms with Gasteiger partial charge >= 0.3 is 5.97 Å². The first-order chi connectivity index (χ1) is 9.72. The molecule has 0 unspecified atom stereocenters. The summed E-state index contributed by atoms with van der Waals surface area (Å²) < 4.78 is 10.0. The van der Waals surface area contributed by atoms with Crippen molar-refractivity contribution in [3.8, 4) is 5.88 Å². The average molecular weight is 275 g/mol. The van der Waals surface area contributed by atoms with Crippen molar-refractivity contribution in [3.05, 3.63) is 35.5 Å². The van der Waals surface area contributed by atoms with Crippen molar-refractivity contribution in [2.24, 2.45) is 0 Å². The highest BCUT2D eigenvalue weighted by Gasteiger charge is 2.20. The number of carbonyl (C=O) groups excluding carboxylic acids is 1. The van der Waals surface area contributed by atoms with Gasteiger partial charge in [0, 0.05) is 18.3 Å². The van der Waals surface area contributed by atoms with Crippen LogP contribution in [-0.2, 0) is 9.53 Å². The Bertz CT molecular complexity index is 479. The molecular weight excluding hydrogens is 254 g/mol. The van der Waals surface area contributed by atoms with Crippen molar-refractivity contribution < 1.29 is 14.3 Å². The summed E-state index contributed by atoms with van der Waals surface area (Å²) in [5.74, 6) is 0.839. The first kappa shape index (κ1) is 14.6. The van der Waals surface area contributed by atoms with E-state index in [-0.39, 0.29) is 5.97 Å². The van der Waals surface area contributed by atoms with Crippen LogP contribution < -0.4 is 4.74 Å². The lowest BCUT2D eigenvalue weighted by molar-refractivity contribution is -0.137. The summed E-state index contributed by atoms with van der Waals surface area (Å²) in [5.41, 5.74) is 2.38. The van der Waals surface area contributed by atoms with Gasteiger partial charge in [-0.25, -0.2) is 9.78 Å². The number of rotatable bonds is 4. The summed E-state index contributed by atoms with van der Waals surface area (Å²) >= 11 is 0. The van der Waals surface area contributed by atoms with E-state index in [9.17, 15) is 4.79 Å². The largest absolute Gasteiger partial charge is 0.481 e. The molecule has 0 amide bonds. The second kappa shape index (κ2) is 7.08. The number of carbonyl (C=O) groups is 1. The molecule has 0 bridgehead atoms. The highest BCUT2D eigenvalue weighted by Crippen LogP contribution is 2.35. The highest BCUT2D eigenvalue weighted by molar-refractivity contribution is 5.82. The normalized spacial score (nSPS) is 20.7. The third kappa shape index (κ3) is 3.83. The third-order valence-electron chi connectivity index (χ3n) is 3.61. The summed E-state index contributed by atoms with van der Waals surface area (Å²) in [5, 5.41) is 0. The van der Waals surface area contributed by atoms with Gasteiger partial charge in [0.05, 0.1) is 13.7 Å². The Hall–Kier alpha value is -1.84. The minimum atomic E-state index is -0.226. The highest BCUT2D eigenvalue weighted by atomic mass is 16.5. The van der Waals surface area contributed by atoms with Crippen LogP contribution >= 0.6 is 0 Å². The lowest BCUT2D eigenvalue weighted by atomic mass is 9.81. The fourth-order valence-electron chi connectivity index (χ4n) is 2.62. The van der Waals surface area contributed by atoms with Crippen LogP contribution in [0.25, 0.3) is 0 Å². The molecule has 1 atom stereocenters. The molecule has 1 aromatic rings. The number of methoxy groups -OCH3 is 1. The summed E-state index contributed by atoms with van der Waals surface area (Å²) in [7, 11) is 1.61. The quantitative estimate of drug-likeness (QED) is 0.625. The van der Waals surface area contributed by atoms with Gasteiger partial charge in [-0.05, 0) is 44.1 Å². The van der Waals surface area contributed by atoms with Crippen molar-refractivity contribution in [1.29, 1.82) is 0 Å². The first-order valence-corrected chi connectivity index (χ1v) is 7.09. The molecule has 0 spiro atoms. The number of esters is 1. The molecule has 1 fully saturated rings. The van der Waals surface area contributed by atoms with Gasteiger partial charge in [0.15, 0.2) is 0 Å². The van der Waals surface area contributed by atoms with Gasteiger partial charge < -0.3 is 9.47 Å². The van der Waals surface area contributed by atoms with Crippen LogP contribution in [0.3, 0.4) is 0 Å². The number of nitrogens with zero attached hydrogens (tertiary/aromatic N) is 1. The molecule has 0 aliphatic heterocycles. The van der Waals surface area contributed by atoms with Gasteiger partial charge in [-0.15, -0.1) is 0 Å². The number of pyridine rings is 1. The predicted molar refractivity (Wildman–Crippen MR) is 76.7 cm³/mol. The zero-order valence-electron chi connectivity index (χ0n) is 12.1. The molecule has 1 heterocycles. The molecule has 2 rings (SSSR count). The van der Waals surface area contributed by atoms with Crippen LogP contribution in [0.5, 0.6) is 5.88 Å². The van der Waals surface area contributed by atoms with Crippen LogP contribution in [0, 0.1) is 0 Å². The Morgan fingerprint density at radius 3 is 3.00 bits per heavy atom. The second-order valence-corrected chi connectivity index (χ2v) is 4.98. The maximum absolute atomic E-state index is 11.5. The van der Waals surface area contributed by atoms with Gasteiger partial charge in [0.2, 0.25) is 5.88 Å². The predicted octanol–water partition coefficient (Wildman–Crippen LogP) is 3.24. The minimum absolute atomic E-state index is 0.226. The van der Waals surface area contributed by atoms with E-state index in [4.69, 9.17) is 9.47 Å². The van der Waals surface area contributed by atoms with E-state index in [2.05, 4.69) is 11.1 Å². The second-order valence-electron chi connectivity index (χ2n) is 4.98. The van der Waals surface area contributed by atoms with E-state index >= 15 is 0 Å². The molecule has 20 heavy (non-hydrogen) atoms. The molecule has 1 saturated carbocycles. The van der Waals surface area contributed by atoms with E-state index in [1.807, 2.05) is 19.2 Å². The summed E-state index contributed by atoms with van der Waals surface area (Å²) in [6.07, 6.45) is 7.66. The van der Waals surface area contributed by atoms with Crippen LogP contribution in [0.2, 0.25) is 0 Å². The molecule has 1 aliphatic rings. The van der Waals surface area contributed by atoms with Gasteiger partial charge in [0.1, 0.15) is 0 Å². The summed E-state index contributed by atoms with van der Waals surface area (Å²) in [4.78, 5) is 15.8. The zero-order chi connectivity index (χ0) is 14.4. The molecule has 4 nitrogen and oxygen atoms in total. The Kier molecular flexibility index (Phi) is 5.16. The fraction of sp³-hybridized carbons (Fsp3) is 0.500. The Morgan fingerprint density at radius 2 is 2.35 bits per heavy atom. The molecule has 0 saturated heterocycles. The Balaban J connectivity index is 2.04. The standard InChI is InChI=1S/C16H21NO3/c1-3-20-16(18)10-12-5-4-6-13(9-12)14-7-8-15(19-2)17-11-14/h7-8,10-11,13H,3-6,9H2,1-2H3/b12-10+/t13-/m1/s1. The molecule has 1 aliphatic carbocycles. The van der Waals surface area contributed by atoms with Crippen molar-refractivity contribution in [3.63, 3.8) is 0 Å². The van der Waals surface area contributed by atoms with Crippen molar-refractivity contribution in [2.75, 3.05) is 13.7 Å². The van der Waals surface area contributed by atoms with E-state index in [1.54, 1.807) is 13.2 Å².